The van der Waals surface area contributed by atoms with E-state index in [1.807, 2.05) is 36.7 Å². The summed E-state index contributed by atoms with van der Waals surface area (Å²) < 4.78 is 14.8. The fourth-order valence-corrected chi connectivity index (χ4v) is 4.27. The van der Waals surface area contributed by atoms with Gasteiger partial charge < -0.3 is 10.2 Å². The quantitative estimate of drug-likeness (QED) is 0.442. The first-order valence-electron chi connectivity index (χ1n) is 11.7. The van der Waals surface area contributed by atoms with Crippen LogP contribution in [0, 0.1) is 5.82 Å². The van der Waals surface area contributed by atoms with E-state index in [1.165, 1.54) is 17.7 Å². The van der Waals surface area contributed by atoms with Gasteiger partial charge in [-0.15, -0.1) is 0 Å². The molecular formula is C27H27FN6O. The number of rotatable bonds is 7. The van der Waals surface area contributed by atoms with Gasteiger partial charge in [-0.05, 0) is 66.6 Å². The molecule has 35 heavy (non-hydrogen) atoms. The van der Waals surface area contributed by atoms with Crippen LogP contribution in [-0.4, -0.2) is 58.3 Å². The Hall–Kier alpha value is -4.04. The van der Waals surface area contributed by atoms with Gasteiger partial charge in [0, 0.05) is 51.3 Å². The van der Waals surface area contributed by atoms with Gasteiger partial charge in [-0.3, -0.25) is 14.7 Å². The van der Waals surface area contributed by atoms with Crippen molar-refractivity contribution in [2.24, 2.45) is 0 Å². The highest BCUT2D eigenvalue weighted by atomic mass is 19.1. The highest BCUT2D eigenvalue weighted by Crippen LogP contribution is 2.27. The molecule has 4 aromatic rings. The largest absolute Gasteiger partial charge is 0.367 e. The molecule has 7 nitrogen and oxygen atoms in total. The Kier molecular flexibility index (Phi) is 6.81. The van der Waals surface area contributed by atoms with E-state index in [4.69, 9.17) is 0 Å². The van der Waals surface area contributed by atoms with Gasteiger partial charge in [-0.25, -0.2) is 9.07 Å². The van der Waals surface area contributed by atoms with Crippen molar-refractivity contribution in [2.45, 2.75) is 6.42 Å². The van der Waals surface area contributed by atoms with E-state index in [9.17, 15) is 9.18 Å². The summed E-state index contributed by atoms with van der Waals surface area (Å²) in [7, 11) is 0. The standard InChI is InChI=1S/C27H27FN6O/c28-22-5-7-23(8-6-22)34-16-12-25(31-34)27(35)30-24-3-1-2-4-26(24)33-19-17-32(18-20-33)15-11-21-9-13-29-14-10-21/h1-10,12-14,16H,11,15,17-20H2,(H,30,35). The van der Waals surface area contributed by atoms with E-state index in [0.717, 1.165) is 50.5 Å². The molecule has 1 N–H and O–H groups in total. The molecule has 0 spiro atoms. The summed E-state index contributed by atoms with van der Waals surface area (Å²) in [6, 6.07) is 19.6. The summed E-state index contributed by atoms with van der Waals surface area (Å²) >= 11 is 0. The van der Waals surface area contributed by atoms with Crippen LogP contribution in [-0.2, 0) is 6.42 Å². The SMILES string of the molecule is O=C(Nc1ccccc1N1CCN(CCc2ccncc2)CC1)c1ccn(-c2ccc(F)cc2)n1. The van der Waals surface area contributed by atoms with E-state index in [1.54, 1.807) is 29.1 Å². The van der Waals surface area contributed by atoms with Gasteiger partial charge in [0.2, 0.25) is 0 Å². The predicted molar refractivity (Wildman–Crippen MR) is 135 cm³/mol. The maximum atomic E-state index is 13.2. The normalized spacial score (nSPS) is 14.1. The average molecular weight is 471 g/mol. The summed E-state index contributed by atoms with van der Waals surface area (Å²) in [5.41, 5.74) is 4.06. The van der Waals surface area contributed by atoms with E-state index in [0.29, 0.717) is 11.4 Å². The van der Waals surface area contributed by atoms with E-state index in [2.05, 4.69) is 37.3 Å². The lowest BCUT2D eigenvalue weighted by atomic mass is 10.1. The van der Waals surface area contributed by atoms with Crippen LogP contribution in [0.5, 0.6) is 0 Å². The van der Waals surface area contributed by atoms with Crippen LogP contribution in [0.15, 0.2) is 85.3 Å². The van der Waals surface area contributed by atoms with Crippen molar-refractivity contribution in [3.05, 3.63) is 102 Å². The van der Waals surface area contributed by atoms with Gasteiger partial charge in [-0.1, -0.05) is 12.1 Å². The molecule has 1 saturated heterocycles. The third-order valence-corrected chi connectivity index (χ3v) is 6.24. The highest BCUT2D eigenvalue weighted by molar-refractivity contribution is 6.04. The molecule has 1 aliphatic heterocycles. The second kappa shape index (κ2) is 10.5. The monoisotopic (exact) mass is 470 g/mol. The van der Waals surface area contributed by atoms with E-state index in [-0.39, 0.29) is 11.7 Å². The molecule has 0 aliphatic carbocycles. The van der Waals surface area contributed by atoms with Crippen molar-refractivity contribution in [2.75, 3.05) is 42.9 Å². The number of halogens is 1. The van der Waals surface area contributed by atoms with Gasteiger partial charge in [0.1, 0.15) is 5.82 Å². The first-order chi connectivity index (χ1) is 17.2. The Balaban J connectivity index is 1.20. The Morgan fingerprint density at radius 2 is 1.66 bits per heavy atom. The summed E-state index contributed by atoms with van der Waals surface area (Å²) in [5, 5.41) is 7.38. The molecule has 1 fully saturated rings. The number of hydrogen-bond acceptors (Lipinski definition) is 5. The third-order valence-electron chi connectivity index (χ3n) is 6.24. The molecule has 0 bridgehead atoms. The van der Waals surface area contributed by atoms with E-state index >= 15 is 0 Å². The number of aromatic nitrogens is 3. The van der Waals surface area contributed by atoms with Crippen LogP contribution in [0.2, 0.25) is 0 Å². The number of nitrogens with zero attached hydrogens (tertiary/aromatic N) is 5. The number of amides is 1. The lowest BCUT2D eigenvalue weighted by Gasteiger charge is -2.37. The Labute approximate surface area is 203 Å². The van der Waals surface area contributed by atoms with Gasteiger partial charge >= 0.3 is 0 Å². The lowest BCUT2D eigenvalue weighted by molar-refractivity contribution is 0.102. The van der Waals surface area contributed by atoms with Crippen molar-refractivity contribution in [3.8, 4) is 5.69 Å². The summed E-state index contributed by atoms with van der Waals surface area (Å²) in [4.78, 5) is 21.8. The fraction of sp³-hybridized carbons (Fsp3) is 0.222. The maximum absolute atomic E-state index is 13.2. The van der Waals surface area contributed by atoms with Crippen molar-refractivity contribution in [3.63, 3.8) is 0 Å². The maximum Gasteiger partial charge on any atom is 0.276 e. The zero-order valence-corrected chi connectivity index (χ0v) is 19.3. The minimum atomic E-state index is -0.315. The molecule has 5 rings (SSSR count). The second-order valence-electron chi connectivity index (χ2n) is 8.53. The van der Waals surface area contributed by atoms with Crippen LogP contribution < -0.4 is 10.2 Å². The van der Waals surface area contributed by atoms with Crippen LogP contribution >= 0.6 is 0 Å². The molecule has 178 valence electrons. The van der Waals surface area contributed by atoms with Gasteiger partial charge in [0.15, 0.2) is 5.69 Å². The molecule has 1 amide bonds. The lowest BCUT2D eigenvalue weighted by Crippen LogP contribution is -2.47. The Morgan fingerprint density at radius 1 is 0.914 bits per heavy atom. The zero-order chi connectivity index (χ0) is 24.0. The number of para-hydroxylation sites is 2. The summed E-state index contributed by atoms with van der Waals surface area (Å²) in [5.74, 6) is -0.598. The van der Waals surface area contributed by atoms with Crippen molar-refractivity contribution >= 4 is 17.3 Å². The minimum absolute atomic E-state index is 0.283. The number of hydrogen-bond donors (Lipinski definition) is 1. The average Bonchev–Trinajstić information content (AvgIpc) is 3.40. The molecule has 2 aromatic carbocycles. The number of carbonyl (C=O) groups is 1. The summed E-state index contributed by atoms with van der Waals surface area (Å²) in [6.07, 6.45) is 6.39. The molecule has 0 saturated carbocycles. The molecule has 2 aromatic heterocycles. The number of nitrogens with one attached hydrogen (secondary N) is 1. The van der Waals surface area contributed by atoms with Crippen molar-refractivity contribution in [1.29, 1.82) is 0 Å². The third kappa shape index (κ3) is 5.55. The van der Waals surface area contributed by atoms with Gasteiger partial charge in [-0.2, -0.15) is 5.10 Å². The Morgan fingerprint density at radius 3 is 2.43 bits per heavy atom. The topological polar surface area (TPSA) is 66.3 Å². The zero-order valence-electron chi connectivity index (χ0n) is 19.3. The number of pyridine rings is 1. The highest BCUT2D eigenvalue weighted by Gasteiger charge is 2.20. The van der Waals surface area contributed by atoms with Crippen molar-refractivity contribution < 1.29 is 9.18 Å². The van der Waals surface area contributed by atoms with Crippen LogP contribution in [0.4, 0.5) is 15.8 Å². The number of carbonyl (C=O) groups excluding carboxylic acids is 1. The molecule has 3 heterocycles. The fourth-order valence-electron chi connectivity index (χ4n) is 4.27. The minimum Gasteiger partial charge on any atom is -0.367 e. The first-order valence-corrected chi connectivity index (χ1v) is 11.7. The summed E-state index contributed by atoms with van der Waals surface area (Å²) in [6.45, 7) is 4.74. The molecule has 0 unspecified atom stereocenters. The van der Waals surface area contributed by atoms with Crippen LogP contribution in [0.25, 0.3) is 5.69 Å². The number of piperazine rings is 1. The molecule has 8 heteroatoms. The second-order valence-corrected chi connectivity index (χ2v) is 8.53. The van der Waals surface area contributed by atoms with Crippen LogP contribution in [0.3, 0.4) is 0 Å². The predicted octanol–water partition coefficient (Wildman–Crippen LogP) is 4.02. The molecule has 1 aliphatic rings. The smallest absolute Gasteiger partial charge is 0.276 e. The van der Waals surface area contributed by atoms with Crippen LogP contribution in [0.1, 0.15) is 16.1 Å². The Bertz CT molecular complexity index is 1270. The molecule has 0 radical (unpaired) electrons. The number of benzene rings is 2. The molecular weight excluding hydrogens is 443 g/mol. The van der Waals surface area contributed by atoms with Crippen molar-refractivity contribution in [1.82, 2.24) is 19.7 Å². The van der Waals surface area contributed by atoms with Gasteiger partial charge in [0.25, 0.3) is 5.91 Å². The molecule has 0 atom stereocenters. The van der Waals surface area contributed by atoms with E-state index < -0.39 is 0 Å². The number of anilines is 2. The first kappa shape index (κ1) is 22.7. The van der Waals surface area contributed by atoms with Gasteiger partial charge in [0.05, 0.1) is 17.1 Å².